The van der Waals surface area contributed by atoms with Crippen molar-refractivity contribution in [1.82, 2.24) is 5.32 Å². The summed E-state index contributed by atoms with van der Waals surface area (Å²) < 4.78 is 17.7. The van der Waals surface area contributed by atoms with Crippen molar-refractivity contribution >= 4 is 17.5 Å². The van der Waals surface area contributed by atoms with Crippen molar-refractivity contribution in [2.75, 3.05) is 20.3 Å². The molecule has 0 bridgehead atoms. The first-order chi connectivity index (χ1) is 8.06. The van der Waals surface area contributed by atoms with Gasteiger partial charge in [0.2, 0.25) is 5.91 Å². The molecule has 0 saturated heterocycles. The van der Waals surface area contributed by atoms with Crippen molar-refractivity contribution in [3.63, 3.8) is 0 Å². The van der Waals surface area contributed by atoms with E-state index < -0.39 is 17.8 Å². The van der Waals surface area contributed by atoms with E-state index in [-0.39, 0.29) is 5.02 Å². The zero-order valence-corrected chi connectivity index (χ0v) is 10.1. The second-order valence-corrected chi connectivity index (χ2v) is 3.86. The van der Waals surface area contributed by atoms with Crippen LogP contribution in [0.2, 0.25) is 5.02 Å². The van der Waals surface area contributed by atoms with Gasteiger partial charge >= 0.3 is 0 Å². The van der Waals surface area contributed by atoms with Crippen molar-refractivity contribution in [3.05, 3.63) is 34.6 Å². The van der Waals surface area contributed by atoms with Gasteiger partial charge in [-0.3, -0.25) is 10.1 Å². The molecular weight excluding hydrogens is 247 g/mol. The molecule has 0 fully saturated rings. The summed E-state index contributed by atoms with van der Waals surface area (Å²) in [7, 11) is 1.55. The molecule has 0 aromatic heterocycles. The summed E-state index contributed by atoms with van der Waals surface area (Å²) in [5.74, 6) is -1.03. The Morgan fingerprint density at radius 1 is 1.65 bits per heavy atom. The lowest BCUT2D eigenvalue weighted by molar-refractivity contribution is -0.120. The van der Waals surface area contributed by atoms with Crippen molar-refractivity contribution < 1.29 is 13.9 Å². The van der Waals surface area contributed by atoms with Gasteiger partial charge in [-0.25, -0.2) is 4.39 Å². The van der Waals surface area contributed by atoms with Crippen LogP contribution in [0.4, 0.5) is 4.39 Å². The number of nitrogens with one attached hydrogen (secondary N) is 1. The number of hydrogen-bond donors (Lipinski definition) is 2. The van der Waals surface area contributed by atoms with Crippen LogP contribution in [-0.2, 0) is 9.53 Å². The summed E-state index contributed by atoms with van der Waals surface area (Å²) >= 11 is 5.86. The lowest BCUT2D eigenvalue weighted by Gasteiger charge is -2.16. The van der Waals surface area contributed by atoms with Crippen LogP contribution in [0.15, 0.2) is 18.2 Å². The molecule has 0 aliphatic rings. The third kappa shape index (κ3) is 3.96. The van der Waals surface area contributed by atoms with Crippen LogP contribution in [0, 0.1) is 5.82 Å². The fourth-order valence-electron chi connectivity index (χ4n) is 1.40. The normalized spacial score (nSPS) is 12.4. The Labute approximate surface area is 104 Å². The zero-order chi connectivity index (χ0) is 12.8. The molecule has 94 valence electrons. The van der Waals surface area contributed by atoms with E-state index >= 15 is 0 Å². The number of amides is 1. The predicted octanol–water partition coefficient (Wildman–Crippen LogP) is 1.24. The summed E-state index contributed by atoms with van der Waals surface area (Å²) in [5, 5.41) is 3.06. The quantitative estimate of drug-likeness (QED) is 0.757. The average Bonchev–Trinajstić information content (AvgIpc) is 2.25. The first-order valence-electron chi connectivity index (χ1n) is 5.03. The van der Waals surface area contributed by atoms with Gasteiger partial charge in [-0.1, -0.05) is 17.7 Å². The fourth-order valence-corrected chi connectivity index (χ4v) is 1.68. The number of halogens is 2. The van der Waals surface area contributed by atoms with Crippen LogP contribution in [0.25, 0.3) is 0 Å². The van der Waals surface area contributed by atoms with E-state index in [2.05, 4.69) is 5.32 Å². The number of carbonyl (C=O) groups excluding carboxylic acids is 1. The third-order valence-corrected chi connectivity index (χ3v) is 2.54. The molecule has 1 atom stereocenters. The lowest BCUT2D eigenvalue weighted by atomic mass is 10.1. The van der Waals surface area contributed by atoms with Crippen molar-refractivity contribution in [3.8, 4) is 0 Å². The summed E-state index contributed by atoms with van der Waals surface area (Å²) in [6.45, 7) is 0.875. The Hall–Kier alpha value is -1.17. The van der Waals surface area contributed by atoms with E-state index in [0.29, 0.717) is 18.7 Å². The average molecular weight is 261 g/mol. The van der Waals surface area contributed by atoms with Crippen LogP contribution in [0.1, 0.15) is 11.6 Å². The van der Waals surface area contributed by atoms with Crippen molar-refractivity contribution in [2.45, 2.75) is 6.04 Å². The number of benzene rings is 1. The molecule has 1 amide bonds. The Kier molecular flexibility index (Phi) is 5.34. The van der Waals surface area contributed by atoms with Crippen molar-refractivity contribution in [1.29, 1.82) is 0 Å². The minimum atomic E-state index is -0.752. The topological polar surface area (TPSA) is 64.3 Å². The number of ether oxygens (including phenoxy) is 1. The molecule has 0 heterocycles. The molecule has 1 aromatic carbocycles. The van der Waals surface area contributed by atoms with Gasteiger partial charge in [0.25, 0.3) is 0 Å². The maximum Gasteiger partial charge on any atom is 0.239 e. The molecule has 4 nitrogen and oxygen atoms in total. The molecular formula is C11H14ClFN2O2. The fraction of sp³-hybridized carbons (Fsp3) is 0.364. The molecule has 17 heavy (non-hydrogen) atoms. The van der Waals surface area contributed by atoms with E-state index in [1.165, 1.54) is 12.1 Å². The summed E-state index contributed by atoms with van der Waals surface area (Å²) in [5.41, 5.74) is 5.72. The highest BCUT2D eigenvalue weighted by Gasteiger charge is 2.19. The molecule has 0 aliphatic heterocycles. The van der Waals surface area contributed by atoms with Gasteiger partial charge in [-0.05, 0) is 17.7 Å². The third-order valence-electron chi connectivity index (χ3n) is 2.21. The van der Waals surface area contributed by atoms with Crippen LogP contribution < -0.4 is 11.1 Å². The van der Waals surface area contributed by atoms with E-state index in [0.717, 1.165) is 6.07 Å². The SMILES string of the molecule is COCCNC(C(N)=O)c1ccc(F)cc1Cl. The molecule has 1 aromatic rings. The Bertz CT molecular complexity index is 401. The number of hydrogen-bond acceptors (Lipinski definition) is 3. The van der Waals surface area contributed by atoms with E-state index in [1.54, 1.807) is 7.11 Å². The number of rotatable bonds is 6. The zero-order valence-electron chi connectivity index (χ0n) is 9.37. The van der Waals surface area contributed by atoms with Crippen LogP contribution in [-0.4, -0.2) is 26.2 Å². The maximum absolute atomic E-state index is 12.9. The van der Waals surface area contributed by atoms with E-state index in [4.69, 9.17) is 22.1 Å². The molecule has 1 unspecified atom stereocenters. The minimum absolute atomic E-state index is 0.165. The standard InChI is InChI=1S/C11H14ClFN2O2/c1-17-5-4-15-10(11(14)16)8-3-2-7(13)6-9(8)12/h2-3,6,10,15H,4-5H2,1H3,(H2,14,16). The summed E-state index contributed by atoms with van der Waals surface area (Å²) in [4.78, 5) is 11.3. The van der Waals surface area contributed by atoms with E-state index in [9.17, 15) is 9.18 Å². The summed E-state index contributed by atoms with van der Waals surface area (Å²) in [6.07, 6.45) is 0. The number of primary amides is 1. The number of carbonyl (C=O) groups is 1. The molecule has 3 N–H and O–H groups in total. The van der Waals surface area contributed by atoms with Crippen LogP contribution in [0.3, 0.4) is 0 Å². The summed E-state index contributed by atoms with van der Waals surface area (Å²) in [6, 6.07) is 3.06. The van der Waals surface area contributed by atoms with Crippen molar-refractivity contribution in [2.24, 2.45) is 5.73 Å². The maximum atomic E-state index is 12.9. The molecule has 6 heteroatoms. The second kappa shape index (κ2) is 6.54. The smallest absolute Gasteiger partial charge is 0.239 e. The van der Waals surface area contributed by atoms with Gasteiger partial charge in [0.1, 0.15) is 11.9 Å². The number of methoxy groups -OCH3 is 1. The van der Waals surface area contributed by atoms with Crippen LogP contribution in [0.5, 0.6) is 0 Å². The van der Waals surface area contributed by atoms with Gasteiger partial charge in [0.15, 0.2) is 0 Å². The Morgan fingerprint density at radius 3 is 2.88 bits per heavy atom. The minimum Gasteiger partial charge on any atom is -0.383 e. The highest BCUT2D eigenvalue weighted by atomic mass is 35.5. The largest absolute Gasteiger partial charge is 0.383 e. The molecule has 0 aliphatic carbocycles. The highest BCUT2D eigenvalue weighted by Crippen LogP contribution is 2.23. The molecule has 1 rings (SSSR count). The second-order valence-electron chi connectivity index (χ2n) is 3.45. The van der Waals surface area contributed by atoms with Gasteiger partial charge in [-0.2, -0.15) is 0 Å². The van der Waals surface area contributed by atoms with Gasteiger partial charge in [0, 0.05) is 18.7 Å². The van der Waals surface area contributed by atoms with Gasteiger partial charge in [0.05, 0.1) is 6.61 Å². The molecule has 0 saturated carbocycles. The van der Waals surface area contributed by atoms with Gasteiger partial charge in [-0.15, -0.1) is 0 Å². The number of nitrogens with two attached hydrogens (primary N) is 1. The molecule has 0 radical (unpaired) electrons. The Morgan fingerprint density at radius 2 is 2.35 bits per heavy atom. The monoisotopic (exact) mass is 260 g/mol. The highest BCUT2D eigenvalue weighted by molar-refractivity contribution is 6.31. The van der Waals surface area contributed by atoms with Crippen LogP contribution >= 0.6 is 11.6 Å². The first-order valence-corrected chi connectivity index (χ1v) is 5.40. The predicted molar refractivity (Wildman–Crippen MR) is 63.2 cm³/mol. The first kappa shape index (κ1) is 13.9. The van der Waals surface area contributed by atoms with E-state index in [1.807, 2.05) is 0 Å². The molecule has 0 spiro atoms. The lowest BCUT2D eigenvalue weighted by Crippen LogP contribution is -2.35. The van der Waals surface area contributed by atoms with Gasteiger partial charge < -0.3 is 10.5 Å². The Balaban J connectivity index is 2.86.